The van der Waals surface area contributed by atoms with Crippen molar-refractivity contribution in [2.75, 3.05) is 0 Å². The Balaban J connectivity index is 1.43. The third-order valence-electron chi connectivity index (χ3n) is 6.88. The van der Waals surface area contributed by atoms with Gasteiger partial charge < -0.3 is 8.98 Å². The Morgan fingerprint density at radius 3 is 2.44 bits per heavy atom. The van der Waals surface area contributed by atoms with E-state index in [9.17, 15) is 0 Å². The van der Waals surface area contributed by atoms with Crippen LogP contribution in [0.25, 0.3) is 71.9 Å². The van der Waals surface area contributed by atoms with Crippen LogP contribution in [0.2, 0.25) is 0 Å². The molecule has 0 spiro atoms. The van der Waals surface area contributed by atoms with E-state index in [2.05, 4.69) is 64.1 Å². The Morgan fingerprint density at radius 2 is 1.50 bits per heavy atom. The molecule has 4 aromatic carbocycles. The van der Waals surface area contributed by atoms with E-state index in [1.165, 1.54) is 0 Å². The second kappa shape index (κ2) is 7.23. The quantitative estimate of drug-likeness (QED) is 0.247. The smallest absolute Gasteiger partial charge is 0.227 e. The summed E-state index contributed by atoms with van der Waals surface area (Å²) >= 11 is 0. The Labute approximate surface area is 205 Å². The number of pyridine rings is 2. The summed E-state index contributed by atoms with van der Waals surface area (Å²) in [6.07, 6.45) is 3.75. The fourth-order valence-corrected chi connectivity index (χ4v) is 5.27. The maximum atomic E-state index is 6.39. The average molecular weight is 463 g/mol. The summed E-state index contributed by atoms with van der Waals surface area (Å²) < 4.78 is 8.65. The van der Waals surface area contributed by atoms with Crippen molar-refractivity contribution in [2.45, 2.75) is 0 Å². The van der Waals surface area contributed by atoms with Crippen LogP contribution in [0.3, 0.4) is 0 Å². The number of hydrogen-bond acceptors (Lipinski definition) is 4. The van der Waals surface area contributed by atoms with Gasteiger partial charge >= 0.3 is 0 Å². The molecule has 5 nitrogen and oxygen atoms in total. The summed E-state index contributed by atoms with van der Waals surface area (Å²) in [7, 11) is 0. The topological polar surface area (TPSA) is 56.7 Å². The maximum Gasteiger partial charge on any atom is 0.227 e. The van der Waals surface area contributed by atoms with E-state index >= 15 is 0 Å². The van der Waals surface area contributed by atoms with Gasteiger partial charge in [-0.2, -0.15) is 0 Å². The molecule has 4 aromatic heterocycles. The van der Waals surface area contributed by atoms with Gasteiger partial charge in [0.1, 0.15) is 5.52 Å². The van der Waals surface area contributed by atoms with Crippen molar-refractivity contribution in [1.29, 1.82) is 0 Å². The minimum Gasteiger partial charge on any atom is -0.435 e. The lowest BCUT2D eigenvalue weighted by Gasteiger charge is -2.09. The molecule has 0 saturated carbocycles. The predicted octanol–water partition coefficient (Wildman–Crippen LogP) is 7.69. The molecule has 0 aliphatic carbocycles. The minimum absolute atomic E-state index is 0.627. The molecular formula is C31H18N4O. The van der Waals surface area contributed by atoms with Gasteiger partial charge in [0, 0.05) is 27.9 Å². The molecule has 168 valence electrons. The molecule has 0 aliphatic rings. The van der Waals surface area contributed by atoms with Crippen LogP contribution in [0.1, 0.15) is 0 Å². The Bertz CT molecular complexity index is 2100. The van der Waals surface area contributed by atoms with Crippen LogP contribution < -0.4 is 0 Å². The van der Waals surface area contributed by atoms with E-state index < -0.39 is 0 Å². The third kappa shape index (κ3) is 2.68. The van der Waals surface area contributed by atoms with E-state index in [0.29, 0.717) is 5.89 Å². The number of para-hydroxylation sites is 1. The highest BCUT2D eigenvalue weighted by atomic mass is 16.3. The molecule has 8 rings (SSSR count). The van der Waals surface area contributed by atoms with Crippen LogP contribution in [-0.4, -0.2) is 19.5 Å². The molecule has 0 radical (unpaired) electrons. The first kappa shape index (κ1) is 19.3. The Morgan fingerprint density at radius 1 is 0.667 bits per heavy atom. The van der Waals surface area contributed by atoms with Crippen molar-refractivity contribution in [3.8, 4) is 17.1 Å². The first-order valence-electron chi connectivity index (χ1n) is 11.9. The highest BCUT2D eigenvalue weighted by Crippen LogP contribution is 2.38. The lowest BCUT2D eigenvalue weighted by molar-refractivity contribution is 0.623. The summed E-state index contributed by atoms with van der Waals surface area (Å²) in [5.74, 6) is 0.627. The van der Waals surface area contributed by atoms with Crippen molar-refractivity contribution in [3.63, 3.8) is 0 Å². The number of benzene rings is 4. The first-order chi connectivity index (χ1) is 17.8. The zero-order valence-corrected chi connectivity index (χ0v) is 19.1. The van der Waals surface area contributed by atoms with Crippen molar-refractivity contribution in [2.24, 2.45) is 0 Å². The lowest BCUT2D eigenvalue weighted by atomic mass is 10.1. The van der Waals surface area contributed by atoms with E-state index in [0.717, 1.165) is 66.0 Å². The van der Waals surface area contributed by atoms with E-state index in [4.69, 9.17) is 14.4 Å². The van der Waals surface area contributed by atoms with Crippen molar-refractivity contribution in [1.82, 2.24) is 19.5 Å². The van der Waals surface area contributed by atoms with E-state index in [-0.39, 0.29) is 0 Å². The summed E-state index contributed by atoms with van der Waals surface area (Å²) in [5.41, 5.74) is 7.57. The van der Waals surface area contributed by atoms with Crippen LogP contribution in [-0.2, 0) is 0 Å². The van der Waals surface area contributed by atoms with Gasteiger partial charge in [-0.3, -0.25) is 9.97 Å². The molecule has 0 bridgehead atoms. The highest BCUT2D eigenvalue weighted by molar-refractivity contribution is 6.19. The largest absolute Gasteiger partial charge is 0.435 e. The van der Waals surface area contributed by atoms with Crippen LogP contribution in [0.15, 0.2) is 114 Å². The van der Waals surface area contributed by atoms with Gasteiger partial charge in [-0.25, -0.2) is 4.98 Å². The van der Waals surface area contributed by atoms with E-state index in [1.54, 1.807) is 0 Å². The molecule has 36 heavy (non-hydrogen) atoms. The van der Waals surface area contributed by atoms with Gasteiger partial charge in [-0.05, 0) is 42.5 Å². The van der Waals surface area contributed by atoms with Crippen LogP contribution in [0, 0.1) is 0 Å². The lowest BCUT2D eigenvalue weighted by Crippen LogP contribution is -1.95. The number of nitrogens with zero attached hydrogens (tertiary/aromatic N) is 4. The van der Waals surface area contributed by atoms with Crippen molar-refractivity contribution < 1.29 is 4.42 Å². The van der Waals surface area contributed by atoms with Gasteiger partial charge in [0.2, 0.25) is 5.89 Å². The fourth-order valence-electron chi connectivity index (χ4n) is 5.27. The minimum atomic E-state index is 0.627. The Hall–Kier alpha value is -5.03. The van der Waals surface area contributed by atoms with Crippen LogP contribution in [0.5, 0.6) is 0 Å². The number of oxazole rings is 1. The zero-order valence-electron chi connectivity index (χ0n) is 19.1. The van der Waals surface area contributed by atoms with Gasteiger partial charge in [-0.15, -0.1) is 0 Å². The molecule has 0 fully saturated rings. The highest BCUT2D eigenvalue weighted by Gasteiger charge is 2.19. The molecule has 8 aromatic rings. The first-order valence-corrected chi connectivity index (χ1v) is 11.9. The van der Waals surface area contributed by atoms with Crippen LogP contribution in [0.4, 0.5) is 0 Å². The molecule has 4 heterocycles. The number of hydrogen-bond donors (Lipinski definition) is 0. The van der Waals surface area contributed by atoms with E-state index in [1.807, 2.05) is 54.9 Å². The maximum absolute atomic E-state index is 6.39. The molecule has 0 saturated heterocycles. The summed E-state index contributed by atoms with van der Waals surface area (Å²) in [5, 5.41) is 4.31. The standard InChI is InChI=1S/C31H18N4O/c1-2-7-20(8-3-1)31-34-24-14-15-26-27(30(24)36-31)23-10-4-5-11-25(23)35(26)22-17-21-13-12-19-9-6-16-32-28(19)29(21)33-18-22/h1-18H. The van der Waals surface area contributed by atoms with Gasteiger partial charge in [-0.1, -0.05) is 54.6 Å². The SMILES string of the molecule is c1ccc(-c2nc3ccc4c(c5ccccc5n4-c4cnc5c(ccc6cccnc65)c4)c3o2)cc1. The molecule has 0 N–H and O–H groups in total. The molecule has 0 atom stereocenters. The monoisotopic (exact) mass is 462 g/mol. The summed E-state index contributed by atoms with van der Waals surface area (Å²) in [6.45, 7) is 0. The zero-order chi connectivity index (χ0) is 23.6. The van der Waals surface area contributed by atoms with Crippen LogP contribution >= 0.6 is 0 Å². The van der Waals surface area contributed by atoms with Gasteiger partial charge in [0.05, 0.1) is 39.3 Å². The molecule has 5 heteroatoms. The molecule has 0 unspecified atom stereocenters. The summed E-state index contributed by atoms with van der Waals surface area (Å²) in [6, 6.07) is 33.0. The van der Waals surface area contributed by atoms with Gasteiger partial charge in [0.15, 0.2) is 5.58 Å². The normalized spacial score (nSPS) is 11.9. The predicted molar refractivity (Wildman–Crippen MR) is 144 cm³/mol. The molecule has 0 amide bonds. The number of rotatable bonds is 2. The Kier molecular flexibility index (Phi) is 3.88. The fraction of sp³-hybridized carbons (Fsp3) is 0. The summed E-state index contributed by atoms with van der Waals surface area (Å²) in [4.78, 5) is 14.2. The molecule has 0 aliphatic heterocycles. The average Bonchev–Trinajstić information content (AvgIpc) is 3.52. The molecular weight excluding hydrogens is 444 g/mol. The third-order valence-corrected chi connectivity index (χ3v) is 6.88. The van der Waals surface area contributed by atoms with Crippen molar-refractivity contribution >= 4 is 54.7 Å². The second-order valence-corrected chi connectivity index (χ2v) is 8.95. The number of fused-ring (bicyclic) bond motifs is 8. The number of aromatic nitrogens is 4. The second-order valence-electron chi connectivity index (χ2n) is 8.95. The van der Waals surface area contributed by atoms with Gasteiger partial charge in [0.25, 0.3) is 0 Å². The van der Waals surface area contributed by atoms with Crippen molar-refractivity contribution in [3.05, 3.63) is 109 Å².